The Balaban J connectivity index is 1.96. The molecule has 0 saturated heterocycles. The molecule has 1 atom stereocenters. The quantitative estimate of drug-likeness (QED) is 0.791. The molecule has 1 aromatic carbocycles. The summed E-state index contributed by atoms with van der Waals surface area (Å²) >= 11 is 4.78. The van der Waals surface area contributed by atoms with Gasteiger partial charge in [-0.1, -0.05) is 30.3 Å². The number of alkyl carbamates (subject to hydrolysis) is 1. The lowest BCUT2D eigenvalue weighted by Gasteiger charge is -2.16. The average molecular weight is 384 g/mol. The van der Waals surface area contributed by atoms with E-state index in [-0.39, 0.29) is 13.0 Å². The Bertz CT molecular complexity index is 644. The van der Waals surface area contributed by atoms with Crippen LogP contribution in [0.5, 0.6) is 0 Å². The normalized spacial score (nSPS) is 11.7. The van der Waals surface area contributed by atoms with Crippen molar-refractivity contribution in [3.05, 3.63) is 56.7 Å². The van der Waals surface area contributed by atoms with E-state index in [1.165, 1.54) is 11.3 Å². The zero-order valence-corrected chi connectivity index (χ0v) is 13.9. The standard InChI is InChI=1S/C15H14BrNO4S/c16-14-11(6-7-22-14)12(8-13(18)19)17-15(20)21-9-10-4-2-1-3-5-10/h1-7,12H,8-9H2,(H,17,20)(H,18,19)/t12-/m0/s1. The number of ether oxygens (including phenoxy) is 1. The van der Waals surface area contributed by atoms with Gasteiger partial charge >= 0.3 is 12.1 Å². The highest BCUT2D eigenvalue weighted by atomic mass is 79.9. The van der Waals surface area contributed by atoms with E-state index in [9.17, 15) is 9.59 Å². The third kappa shape index (κ3) is 4.85. The first-order valence-electron chi connectivity index (χ1n) is 6.48. The molecule has 0 aliphatic carbocycles. The van der Waals surface area contributed by atoms with Crippen molar-refractivity contribution < 1.29 is 19.4 Å². The molecule has 1 amide bonds. The summed E-state index contributed by atoms with van der Waals surface area (Å²) in [4.78, 5) is 22.8. The number of hydrogen-bond acceptors (Lipinski definition) is 4. The first kappa shape index (κ1) is 16.5. The Labute approximate surface area is 140 Å². The summed E-state index contributed by atoms with van der Waals surface area (Å²) in [5.74, 6) is -0.994. The van der Waals surface area contributed by atoms with Crippen molar-refractivity contribution in [1.82, 2.24) is 5.32 Å². The summed E-state index contributed by atoms with van der Waals surface area (Å²) in [6, 6.07) is 10.4. The van der Waals surface area contributed by atoms with Crippen molar-refractivity contribution >= 4 is 39.3 Å². The number of carbonyl (C=O) groups is 2. The first-order chi connectivity index (χ1) is 10.6. The first-order valence-corrected chi connectivity index (χ1v) is 8.15. The highest BCUT2D eigenvalue weighted by Crippen LogP contribution is 2.30. The number of aliphatic carboxylic acids is 1. The fourth-order valence-electron chi connectivity index (χ4n) is 1.87. The van der Waals surface area contributed by atoms with Crippen LogP contribution < -0.4 is 5.32 Å². The number of carboxylic acids is 1. The zero-order chi connectivity index (χ0) is 15.9. The lowest BCUT2D eigenvalue weighted by molar-refractivity contribution is -0.137. The third-order valence-corrected chi connectivity index (χ3v) is 4.64. The fourth-order valence-corrected chi connectivity index (χ4v) is 3.29. The molecule has 22 heavy (non-hydrogen) atoms. The van der Waals surface area contributed by atoms with Crippen molar-refractivity contribution in [2.75, 3.05) is 0 Å². The maximum absolute atomic E-state index is 11.9. The Morgan fingerprint density at radius 3 is 2.59 bits per heavy atom. The van der Waals surface area contributed by atoms with Crippen LogP contribution >= 0.6 is 27.3 Å². The number of carboxylic acid groups (broad SMARTS) is 1. The number of amides is 1. The predicted molar refractivity (Wildman–Crippen MR) is 86.8 cm³/mol. The van der Waals surface area contributed by atoms with Crippen LogP contribution in [-0.2, 0) is 16.1 Å². The van der Waals surface area contributed by atoms with E-state index in [0.717, 1.165) is 14.9 Å². The molecule has 1 aromatic heterocycles. The smallest absolute Gasteiger partial charge is 0.407 e. The van der Waals surface area contributed by atoms with Crippen LogP contribution in [0.4, 0.5) is 4.79 Å². The molecule has 0 bridgehead atoms. The van der Waals surface area contributed by atoms with Gasteiger partial charge in [0.1, 0.15) is 6.61 Å². The van der Waals surface area contributed by atoms with Gasteiger partial charge in [-0.15, -0.1) is 11.3 Å². The van der Waals surface area contributed by atoms with Gasteiger partial charge in [0.2, 0.25) is 0 Å². The van der Waals surface area contributed by atoms with Gasteiger partial charge < -0.3 is 15.2 Å². The molecule has 0 fully saturated rings. The fraction of sp³-hybridized carbons (Fsp3) is 0.200. The van der Waals surface area contributed by atoms with E-state index < -0.39 is 18.1 Å². The van der Waals surface area contributed by atoms with Crippen molar-refractivity contribution in [3.8, 4) is 0 Å². The molecule has 1 heterocycles. The van der Waals surface area contributed by atoms with E-state index in [0.29, 0.717) is 0 Å². The second kappa shape index (κ2) is 7.95. The minimum atomic E-state index is -0.994. The summed E-state index contributed by atoms with van der Waals surface area (Å²) in [7, 11) is 0. The van der Waals surface area contributed by atoms with Crippen LogP contribution in [0.15, 0.2) is 45.6 Å². The number of thiophene rings is 1. The van der Waals surface area contributed by atoms with Gasteiger partial charge in [0, 0.05) is 5.56 Å². The summed E-state index contributed by atoms with van der Waals surface area (Å²) in [6.45, 7) is 0.136. The highest BCUT2D eigenvalue weighted by molar-refractivity contribution is 9.11. The van der Waals surface area contributed by atoms with Crippen LogP contribution in [-0.4, -0.2) is 17.2 Å². The van der Waals surface area contributed by atoms with Gasteiger partial charge in [-0.2, -0.15) is 0 Å². The highest BCUT2D eigenvalue weighted by Gasteiger charge is 2.21. The van der Waals surface area contributed by atoms with Crippen molar-refractivity contribution in [2.45, 2.75) is 19.1 Å². The number of halogens is 1. The van der Waals surface area contributed by atoms with E-state index in [1.54, 1.807) is 6.07 Å². The third-order valence-electron chi connectivity index (χ3n) is 2.91. The molecule has 2 N–H and O–H groups in total. The van der Waals surface area contributed by atoms with Gasteiger partial charge in [0.05, 0.1) is 16.2 Å². The molecular formula is C15H14BrNO4S. The summed E-state index contributed by atoms with van der Waals surface area (Å²) in [5.41, 5.74) is 1.59. The SMILES string of the molecule is O=C(O)C[C@H](NC(=O)OCc1ccccc1)c1ccsc1Br. The lowest BCUT2D eigenvalue weighted by Crippen LogP contribution is -2.30. The second-order valence-electron chi connectivity index (χ2n) is 4.51. The monoisotopic (exact) mass is 383 g/mol. The molecule has 7 heteroatoms. The molecule has 0 radical (unpaired) electrons. The van der Waals surface area contributed by atoms with E-state index in [1.807, 2.05) is 35.7 Å². The van der Waals surface area contributed by atoms with Crippen LogP contribution in [0.25, 0.3) is 0 Å². The van der Waals surface area contributed by atoms with Gasteiger partial charge in [-0.3, -0.25) is 4.79 Å². The summed E-state index contributed by atoms with van der Waals surface area (Å²) < 4.78 is 5.92. The van der Waals surface area contributed by atoms with E-state index in [4.69, 9.17) is 9.84 Å². The van der Waals surface area contributed by atoms with Crippen molar-refractivity contribution in [1.29, 1.82) is 0 Å². The molecule has 0 aliphatic heterocycles. The molecule has 0 spiro atoms. The van der Waals surface area contributed by atoms with Gasteiger partial charge in [-0.25, -0.2) is 4.79 Å². The van der Waals surface area contributed by atoms with Crippen molar-refractivity contribution in [3.63, 3.8) is 0 Å². The van der Waals surface area contributed by atoms with Gasteiger partial charge in [0.25, 0.3) is 0 Å². The predicted octanol–water partition coefficient (Wildman–Crippen LogP) is 3.95. The molecule has 0 unspecified atom stereocenters. The van der Waals surface area contributed by atoms with Crippen LogP contribution in [0.2, 0.25) is 0 Å². The molecule has 5 nitrogen and oxygen atoms in total. The largest absolute Gasteiger partial charge is 0.481 e. The van der Waals surface area contributed by atoms with Gasteiger partial charge in [0.15, 0.2) is 0 Å². The summed E-state index contributed by atoms with van der Waals surface area (Å²) in [5, 5.41) is 13.4. The molecule has 2 rings (SSSR count). The van der Waals surface area contributed by atoms with E-state index >= 15 is 0 Å². The van der Waals surface area contributed by atoms with Crippen LogP contribution in [0.1, 0.15) is 23.6 Å². The maximum Gasteiger partial charge on any atom is 0.407 e. The minimum Gasteiger partial charge on any atom is -0.481 e. The molecule has 2 aromatic rings. The Morgan fingerprint density at radius 1 is 1.27 bits per heavy atom. The Morgan fingerprint density at radius 2 is 2.00 bits per heavy atom. The molecule has 0 aliphatic rings. The summed E-state index contributed by atoms with van der Waals surface area (Å²) in [6.07, 6.45) is -0.858. The number of nitrogens with one attached hydrogen (secondary N) is 1. The van der Waals surface area contributed by atoms with Crippen molar-refractivity contribution in [2.24, 2.45) is 0 Å². The molecule has 0 saturated carbocycles. The minimum absolute atomic E-state index is 0.136. The Kier molecular flexibility index (Phi) is 5.97. The molecular weight excluding hydrogens is 370 g/mol. The lowest BCUT2D eigenvalue weighted by atomic mass is 10.1. The number of benzene rings is 1. The number of rotatable bonds is 6. The average Bonchev–Trinajstić information content (AvgIpc) is 2.91. The maximum atomic E-state index is 11.9. The van der Waals surface area contributed by atoms with Gasteiger partial charge in [-0.05, 0) is 32.9 Å². The Hall–Kier alpha value is -1.86. The van der Waals surface area contributed by atoms with Crippen LogP contribution in [0, 0.1) is 0 Å². The number of carbonyl (C=O) groups excluding carboxylic acids is 1. The molecule has 116 valence electrons. The zero-order valence-electron chi connectivity index (χ0n) is 11.5. The number of hydrogen-bond donors (Lipinski definition) is 2. The van der Waals surface area contributed by atoms with Crippen LogP contribution in [0.3, 0.4) is 0 Å². The topological polar surface area (TPSA) is 75.6 Å². The van der Waals surface area contributed by atoms with E-state index in [2.05, 4.69) is 21.2 Å². The second-order valence-corrected chi connectivity index (χ2v) is 6.74.